The quantitative estimate of drug-likeness (QED) is 0.625. The summed E-state index contributed by atoms with van der Waals surface area (Å²) in [5, 5.41) is 5.37. The van der Waals surface area contributed by atoms with Gasteiger partial charge in [-0.15, -0.1) is 0 Å². The zero-order valence-corrected chi connectivity index (χ0v) is 17.4. The molecule has 0 saturated carbocycles. The maximum Gasteiger partial charge on any atom is 0.414 e. The van der Waals surface area contributed by atoms with E-state index in [2.05, 4.69) is 10.6 Å². The van der Waals surface area contributed by atoms with Crippen LogP contribution in [0.4, 0.5) is 14.9 Å². The van der Waals surface area contributed by atoms with Crippen LogP contribution in [0.5, 0.6) is 0 Å². The van der Waals surface area contributed by atoms with Crippen molar-refractivity contribution < 1.29 is 23.5 Å². The molecule has 164 valence electrons. The monoisotopic (exact) mass is 428 g/mol. The summed E-state index contributed by atoms with van der Waals surface area (Å²) in [7, 11) is 0. The molecule has 4 N–H and O–H groups in total. The number of hydrogen-bond donors (Lipinski definition) is 3. The summed E-state index contributed by atoms with van der Waals surface area (Å²) >= 11 is 0. The van der Waals surface area contributed by atoms with Crippen LogP contribution in [0.3, 0.4) is 0 Å². The lowest BCUT2D eigenvalue weighted by Gasteiger charge is -2.16. The highest BCUT2D eigenvalue weighted by Crippen LogP contribution is 2.29. The zero-order chi connectivity index (χ0) is 22.5. The van der Waals surface area contributed by atoms with Gasteiger partial charge in [0.15, 0.2) is 0 Å². The summed E-state index contributed by atoms with van der Waals surface area (Å²) in [5.74, 6) is -0.946. The van der Waals surface area contributed by atoms with Gasteiger partial charge in [-0.05, 0) is 36.2 Å². The zero-order valence-electron chi connectivity index (χ0n) is 17.4. The molecule has 2 atom stereocenters. The second kappa shape index (κ2) is 9.57. The van der Waals surface area contributed by atoms with Crippen molar-refractivity contribution in [3.63, 3.8) is 0 Å². The van der Waals surface area contributed by atoms with Crippen LogP contribution in [0.2, 0.25) is 0 Å². The third-order valence-electron chi connectivity index (χ3n) is 5.00. The second-order valence-corrected chi connectivity index (χ2v) is 7.33. The summed E-state index contributed by atoms with van der Waals surface area (Å²) in [6, 6.07) is 11.5. The van der Waals surface area contributed by atoms with Gasteiger partial charge in [-0.1, -0.05) is 24.3 Å². The topological polar surface area (TPSA) is 114 Å². The minimum absolute atomic E-state index is 0.0848. The molecule has 0 aliphatic carbocycles. The molecular weight excluding hydrogens is 403 g/mol. The number of carbonyl (C=O) groups is 3. The summed E-state index contributed by atoms with van der Waals surface area (Å²) in [6.07, 6.45) is -1.08. The highest BCUT2D eigenvalue weighted by Gasteiger charge is 2.32. The molecule has 1 fully saturated rings. The average Bonchev–Trinajstić information content (AvgIpc) is 3.12. The van der Waals surface area contributed by atoms with Gasteiger partial charge >= 0.3 is 6.09 Å². The molecular formula is C22H25FN4O4. The maximum atomic E-state index is 14.8. The van der Waals surface area contributed by atoms with Gasteiger partial charge in [0.25, 0.3) is 0 Å². The minimum atomic E-state index is -0.583. The van der Waals surface area contributed by atoms with Crippen molar-refractivity contribution in [2.45, 2.75) is 26.0 Å². The van der Waals surface area contributed by atoms with E-state index in [4.69, 9.17) is 10.5 Å². The summed E-state index contributed by atoms with van der Waals surface area (Å²) in [6.45, 7) is 3.56. The van der Waals surface area contributed by atoms with Crippen molar-refractivity contribution in [3.05, 3.63) is 53.8 Å². The largest absolute Gasteiger partial charge is 0.442 e. The lowest BCUT2D eigenvalue weighted by atomic mass is 10.0. The molecule has 0 spiro atoms. The van der Waals surface area contributed by atoms with Crippen molar-refractivity contribution in [1.82, 2.24) is 10.6 Å². The first-order valence-corrected chi connectivity index (χ1v) is 9.90. The van der Waals surface area contributed by atoms with Gasteiger partial charge < -0.3 is 21.1 Å². The molecule has 1 heterocycles. The summed E-state index contributed by atoms with van der Waals surface area (Å²) < 4.78 is 20.1. The number of nitrogens with two attached hydrogens (primary N) is 1. The van der Waals surface area contributed by atoms with Gasteiger partial charge in [-0.3, -0.25) is 14.5 Å². The Hall–Kier alpha value is -3.46. The van der Waals surface area contributed by atoms with E-state index in [1.54, 1.807) is 24.3 Å². The third-order valence-corrected chi connectivity index (χ3v) is 5.00. The van der Waals surface area contributed by atoms with Gasteiger partial charge in [0.1, 0.15) is 11.9 Å². The van der Waals surface area contributed by atoms with E-state index < -0.39 is 18.0 Å². The van der Waals surface area contributed by atoms with Crippen LogP contribution in [-0.2, 0) is 14.3 Å². The molecule has 9 heteroatoms. The molecule has 2 unspecified atom stereocenters. The molecule has 2 aromatic carbocycles. The molecule has 0 radical (unpaired) electrons. The van der Waals surface area contributed by atoms with Gasteiger partial charge in [0.2, 0.25) is 11.8 Å². The van der Waals surface area contributed by atoms with Crippen LogP contribution in [0.25, 0.3) is 11.1 Å². The second-order valence-electron chi connectivity index (χ2n) is 7.33. The fourth-order valence-corrected chi connectivity index (χ4v) is 3.34. The van der Waals surface area contributed by atoms with Crippen LogP contribution in [-0.4, -0.2) is 43.6 Å². The lowest BCUT2D eigenvalue weighted by molar-refractivity contribution is -0.120. The first kappa shape index (κ1) is 22.2. The van der Waals surface area contributed by atoms with Crippen molar-refractivity contribution >= 4 is 23.6 Å². The maximum absolute atomic E-state index is 14.8. The number of benzene rings is 2. The Morgan fingerprint density at radius 3 is 2.58 bits per heavy atom. The van der Waals surface area contributed by atoms with E-state index in [1.807, 2.05) is 19.1 Å². The Labute approximate surface area is 179 Å². The number of halogens is 1. The van der Waals surface area contributed by atoms with Crippen molar-refractivity contribution in [2.24, 2.45) is 5.73 Å². The molecule has 8 nitrogen and oxygen atoms in total. The molecule has 1 aliphatic heterocycles. The molecule has 0 bridgehead atoms. The van der Waals surface area contributed by atoms with E-state index in [0.29, 0.717) is 16.8 Å². The SMILES string of the molecule is CC(=O)NCC1CN(c2ccc(-c3ccc(C(C)NC(=O)CN)cc3)c(F)c2)C(=O)O1. The predicted molar refractivity (Wildman–Crippen MR) is 114 cm³/mol. The van der Waals surface area contributed by atoms with Crippen LogP contribution >= 0.6 is 0 Å². The van der Waals surface area contributed by atoms with Crippen molar-refractivity contribution in [1.29, 1.82) is 0 Å². The highest BCUT2D eigenvalue weighted by molar-refractivity contribution is 5.90. The number of rotatable bonds is 7. The minimum Gasteiger partial charge on any atom is -0.442 e. The van der Waals surface area contributed by atoms with Gasteiger partial charge in [-0.2, -0.15) is 0 Å². The normalized spacial score (nSPS) is 16.6. The van der Waals surface area contributed by atoms with E-state index in [-0.39, 0.29) is 37.5 Å². The Bertz CT molecular complexity index is 980. The third kappa shape index (κ3) is 5.37. The molecule has 1 aliphatic rings. The highest BCUT2D eigenvalue weighted by atomic mass is 19.1. The van der Waals surface area contributed by atoms with Crippen molar-refractivity contribution in [3.8, 4) is 11.1 Å². The Balaban J connectivity index is 1.71. The first-order valence-electron chi connectivity index (χ1n) is 9.90. The number of ether oxygens (including phenoxy) is 1. The lowest BCUT2D eigenvalue weighted by Crippen LogP contribution is -2.33. The van der Waals surface area contributed by atoms with Crippen LogP contribution < -0.4 is 21.3 Å². The van der Waals surface area contributed by atoms with E-state index in [9.17, 15) is 18.8 Å². The predicted octanol–water partition coefficient (Wildman–Crippen LogP) is 2.09. The standard InChI is InChI=1S/C22H25FN4O4/c1-13(26-21(29)10-24)15-3-5-16(6-4-15)19-8-7-17(9-20(19)23)27-12-18(31-22(27)30)11-25-14(2)28/h3-9,13,18H,10-12,24H2,1-2H3,(H,25,28)(H,26,29). The summed E-state index contributed by atoms with van der Waals surface area (Å²) in [4.78, 5) is 35.9. The molecule has 3 amide bonds. The first-order chi connectivity index (χ1) is 14.8. The number of carbonyl (C=O) groups excluding carboxylic acids is 3. The van der Waals surface area contributed by atoms with Crippen LogP contribution in [0, 0.1) is 5.82 Å². The number of hydrogen-bond acceptors (Lipinski definition) is 5. The smallest absolute Gasteiger partial charge is 0.414 e. The van der Waals surface area contributed by atoms with Crippen LogP contribution in [0.1, 0.15) is 25.5 Å². The molecule has 31 heavy (non-hydrogen) atoms. The fraction of sp³-hybridized carbons (Fsp3) is 0.318. The number of cyclic esters (lactones) is 1. The number of nitrogens with zero attached hydrogens (tertiary/aromatic N) is 1. The number of nitrogens with one attached hydrogen (secondary N) is 2. The van der Waals surface area contributed by atoms with Crippen molar-refractivity contribution in [2.75, 3.05) is 24.5 Å². The average molecular weight is 428 g/mol. The molecule has 3 rings (SSSR count). The number of anilines is 1. The van der Waals surface area contributed by atoms with E-state index >= 15 is 0 Å². The van der Waals surface area contributed by atoms with Gasteiger partial charge in [0, 0.05) is 12.5 Å². The molecule has 0 aromatic heterocycles. The number of amides is 3. The fourth-order valence-electron chi connectivity index (χ4n) is 3.34. The molecule has 1 saturated heterocycles. The Morgan fingerprint density at radius 2 is 1.97 bits per heavy atom. The van der Waals surface area contributed by atoms with E-state index in [1.165, 1.54) is 17.9 Å². The summed E-state index contributed by atoms with van der Waals surface area (Å²) in [5.41, 5.74) is 7.61. The Kier molecular flexibility index (Phi) is 6.86. The van der Waals surface area contributed by atoms with Crippen LogP contribution in [0.15, 0.2) is 42.5 Å². The Morgan fingerprint density at radius 1 is 1.26 bits per heavy atom. The van der Waals surface area contributed by atoms with Gasteiger partial charge in [0.05, 0.1) is 31.4 Å². The van der Waals surface area contributed by atoms with E-state index in [0.717, 1.165) is 5.56 Å². The molecule has 2 aromatic rings. The van der Waals surface area contributed by atoms with Gasteiger partial charge in [-0.25, -0.2) is 9.18 Å².